The number of nitrogens with zero attached hydrogens (tertiary/aromatic N) is 2. The van der Waals surface area contributed by atoms with E-state index in [0.29, 0.717) is 35.8 Å². The third-order valence-corrected chi connectivity index (χ3v) is 3.46. The highest BCUT2D eigenvalue weighted by Gasteiger charge is 2.11. The van der Waals surface area contributed by atoms with Gasteiger partial charge in [-0.05, 0) is 43.7 Å². The Labute approximate surface area is 157 Å². The van der Waals surface area contributed by atoms with E-state index in [1.54, 1.807) is 31.2 Å². The lowest BCUT2D eigenvalue weighted by Crippen LogP contribution is -2.17. The van der Waals surface area contributed by atoms with Crippen molar-refractivity contribution in [2.24, 2.45) is 5.10 Å². The molecule has 2 aromatic rings. The molecule has 2 aromatic carbocycles. The van der Waals surface area contributed by atoms with Gasteiger partial charge in [-0.1, -0.05) is 6.92 Å². The molecule has 0 unspecified atom stereocenters. The first kappa shape index (κ1) is 19.9. The molecule has 27 heavy (non-hydrogen) atoms. The smallest absolute Gasteiger partial charge is 0.271 e. The van der Waals surface area contributed by atoms with E-state index < -0.39 is 10.8 Å². The first-order chi connectivity index (χ1) is 13.0. The molecule has 1 amide bonds. The first-order valence-corrected chi connectivity index (χ1v) is 8.52. The number of rotatable bonds is 9. The van der Waals surface area contributed by atoms with Crippen LogP contribution in [0.1, 0.15) is 36.2 Å². The first-order valence-electron chi connectivity index (χ1n) is 8.52. The topological polar surface area (TPSA) is 103 Å². The summed E-state index contributed by atoms with van der Waals surface area (Å²) in [6.07, 6.45) is 2.22. The zero-order chi connectivity index (χ0) is 19.6. The zero-order valence-corrected chi connectivity index (χ0v) is 15.2. The fraction of sp³-hybridized carbons (Fsp3) is 0.263. The number of hydrazone groups is 1. The minimum absolute atomic E-state index is 0.0890. The van der Waals surface area contributed by atoms with Crippen LogP contribution in [0.4, 0.5) is 5.69 Å². The van der Waals surface area contributed by atoms with Gasteiger partial charge in [-0.25, -0.2) is 5.43 Å². The number of amides is 1. The van der Waals surface area contributed by atoms with Gasteiger partial charge in [-0.2, -0.15) is 5.10 Å². The number of ether oxygens (including phenoxy) is 2. The Hall–Kier alpha value is -3.42. The molecule has 0 aliphatic carbocycles. The number of carbonyl (C=O) groups excluding carboxylic acids is 1. The quantitative estimate of drug-likeness (QED) is 0.412. The van der Waals surface area contributed by atoms with Gasteiger partial charge in [0.15, 0.2) is 0 Å². The summed E-state index contributed by atoms with van der Waals surface area (Å²) in [5, 5.41) is 14.8. The summed E-state index contributed by atoms with van der Waals surface area (Å²) in [5.41, 5.74) is 3.12. The molecule has 0 saturated heterocycles. The normalized spacial score (nSPS) is 10.6. The van der Waals surface area contributed by atoms with E-state index in [4.69, 9.17) is 9.47 Å². The maximum absolute atomic E-state index is 12.1. The summed E-state index contributed by atoms with van der Waals surface area (Å²) in [6.45, 7) is 4.83. The zero-order valence-electron chi connectivity index (χ0n) is 15.2. The SMILES string of the molecule is CCCOc1ccc(C(=O)N/N=C/c2cc([N+](=O)[O-])ccc2OCC)cc1. The molecule has 2 rings (SSSR count). The van der Waals surface area contributed by atoms with Crippen LogP contribution in [-0.2, 0) is 0 Å². The van der Waals surface area contributed by atoms with Crippen LogP contribution in [0.5, 0.6) is 11.5 Å². The van der Waals surface area contributed by atoms with Crippen LogP contribution in [0.25, 0.3) is 0 Å². The van der Waals surface area contributed by atoms with Crippen LogP contribution >= 0.6 is 0 Å². The largest absolute Gasteiger partial charge is 0.494 e. The molecule has 0 radical (unpaired) electrons. The van der Waals surface area contributed by atoms with Crippen molar-refractivity contribution in [2.75, 3.05) is 13.2 Å². The molecule has 0 spiro atoms. The highest BCUT2D eigenvalue weighted by atomic mass is 16.6. The van der Waals surface area contributed by atoms with Gasteiger partial charge >= 0.3 is 0 Å². The highest BCUT2D eigenvalue weighted by molar-refractivity contribution is 5.95. The number of nitro groups is 1. The maximum atomic E-state index is 12.1. The average molecular weight is 371 g/mol. The Balaban J connectivity index is 2.06. The number of benzene rings is 2. The standard InChI is InChI=1S/C19H21N3O5/c1-3-11-27-17-8-5-14(6-9-17)19(23)21-20-13-15-12-16(22(24)25)7-10-18(15)26-4-2/h5-10,12-13H,3-4,11H2,1-2H3,(H,21,23)/b20-13+. The van der Waals surface area contributed by atoms with Crippen molar-refractivity contribution < 1.29 is 19.2 Å². The Morgan fingerprint density at radius 2 is 1.93 bits per heavy atom. The number of nitrogens with one attached hydrogen (secondary N) is 1. The molecular weight excluding hydrogens is 350 g/mol. The molecule has 0 aliphatic rings. The van der Waals surface area contributed by atoms with Gasteiger partial charge in [0, 0.05) is 23.3 Å². The van der Waals surface area contributed by atoms with Crippen molar-refractivity contribution >= 4 is 17.8 Å². The minimum Gasteiger partial charge on any atom is -0.494 e. The molecule has 142 valence electrons. The third-order valence-electron chi connectivity index (χ3n) is 3.46. The second-order valence-corrected chi connectivity index (χ2v) is 5.48. The van der Waals surface area contributed by atoms with Gasteiger partial charge in [0.2, 0.25) is 0 Å². The van der Waals surface area contributed by atoms with Gasteiger partial charge in [0.05, 0.1) is 24.4 Å². The van der Waals surface area contributed by atoms with Gasteiger partial charge < -0.3 is 9.47 Å². The second kappa shape index (κ2) is 9.91. The molecule has 0 fully saturated rings. The van der Waals surface area contributed by atoms with E-state index in [1.807, 2.05) is 6.92 Å². The van der Waals surface area contributed by atoms with Crippen molar-refractivity contribution in [1.82, 2.24) is 5.43 Å². The van der Waals surface area contributed by atoms with Gasteiger partial charge in [-0.3, -0.25) is 14.9 Å². The van der Waals surface area contributed by atoms with Crippen LogP contribution in [0.15, 0.2) is 47.6 Å². The molecule has 0 atom stereocenters. The lowest BCUT2D eigenvalue weighted by atomic mass is 10.2. The number of hydrogen-bond donors (Lipinski definition) is 1. The van der Waals surface area contributed by atoms with Crippen molar-refractivity contribution in [3.8, 4) is 11.5 Å². The molecule has 0 saturated carbocycles. The maximum Gasteiger partial charge on any atom is 0.271 e. The van der Waals surface area contributed by atoms with E-state index in [9.17, 15) is 14.9 Å². The summed E-state index contributed by atoms with van der Waals surface area (Å²) in [7, 11) is 0. The molecule has 0 bridgehead atoms. The fourth-order valence-corrected chi connectivity index (χ4v) is 2.18. The van der Waals surface area contributed by atoms with Crippen LogP contribution in [0.3, 0.4) is 0 Å². The third kappa shape index (κ3) is 5.81. The van der Waals surface area contributed by atoms with E-state index >= 15 is 0 Å². The lowest BCUT2D eigenvalue weighted by Gasteiger charge is -2.07. The Morgan fingerprint density at radius 3 is 2.56 bits per heavy atom. The molecule has 1 N–H and O–H groups in total. The molecule has 0 aromatic heterocycles. The summed E-state index contributed by atoms with van der Waals surface area (Å²) in [6, 6.07) is 10.9. The highest BCUT2D eigenvalue weighted by Crippen LogP contribution is 2.22. The van der Waals surface area contributed by atoms with Gasteiger partial charge in [0.25, 0.3) is 11.6 Å². The Kier molecular flexibility index (Phi) is 7.30. The van der Waals surface area contributed by atoms with Crippen LogP contribution < -0.4 is 14.9 Å². The van der Waals surface area contributed by atoms with E-state index in [2.05, 4.69) is 10.5 Å². The van der Waals surface area contributed by atoms with E-state index in [-0.39, 0.29) is 5.69 Å². The predicted octanol–water partition coefficient (Wildman–Crippen LogP) is 3.55. The monoisotopic (exact) mass is 371 g/mol. The van der Waals surface area contributed by atoms with E-state index in [1.165, 1.54) is 24.4 Å². The fourth-order valence-electron chi connectivity index (χ4n) is 2.18. The van der Waals surface area contributed by atoms with Gasteiger partial charge in [-0.15, -0.1) is 0 Å². The lowest BCUT2D eigenvalue weighted by molar-refractivity contribution is -0.384. The molecular formula is C19H21N3O5. The molecule has 0 heterocycles. The number of nitro benzene ring substituents is 1. The summed E-state index contributed by atoms with van der Waals surface area (Å²) in [5.74, 6) is 0.727. The van der Waals surface area contributed by atoms with E-state index in [0.717, 1.165) is 6.42 Å². The van der Waals surface area contributed by atoms with Crippen molar-refractivity contribution in [3.05, 3.63) is 63.7 Å². The van der Waals surface area contributed by atoms with Crippen molar-refractivity contribution in [2.45, 2.75) is 20.3 Å². The van der Waals surface area contributed by atoms with Crippen LogP contribution in [0, 0.1) is 10.1 Å². The number of carbonyl (C=O) groups is 1. The average Bonchev–Trinajstić information content (AvgIpc) is 2.67. The second-order valence-electron chi connectivity index (χ2n) is 5.48. The minimum atomic E-state index is -0.506. The number of hydrogen-bond acceptors (Lipinski definition) is 6. The summed E-state index contributed by atoms with van der Waals surface area (Å²) >= 11 is 0. The van der Waals surface area contributed by atoms with Gasteiger partial charge in [0.1, 0.15) is 11.5 Å². The molecule has 0 aliphatic heterocycles. The Morgan fingerprint density at radius 1 is 1.19 bits per heavy atom. The van der Waals surface area contributed by atoms with Crippen molar-refractivity contribution in [1.29, 1.82) is 0 Å². The predicted molar refractivity (Wildman–Crippen MR) is 102 cm³/mol. The molecule has 8 nitrogen and oxygen atoms in total. The summed E-state index contributed by atoms with van der Waals surface area (Å²) in [4.78, 5) is 22.6. The number of non-ortho nitro benzene ring substituents is 1. The summed E-state index contributed by atoms with van der Waals surface area (Å²) < 4.78 is 10.9. The van der Waals surface area contributed by atoms with Crippen LogP contribution in [0.2, 0.25) is 0 Å². The molecule has 8 heteroatoms. The van der Waals surface area contributed by atoms with Crippen LogP contribution in [-0.4, -0.2) is 30.3 Å². The Bertz CT molecular complexity index is 819. The van der Waals surface area contributed by atoms with Crippen molar-refractivity contribution in [3.63, 3.8) is 0 Å².